The second kappa shape index (κ2) is 6.06. The highest BCUT2D eigenvalue weighted by Crippen LogP contribution is 2.33. The molecule has 1 aromatic carbocycles. The number of benzene rings is 1. The van der Waals surface area contributed by atoms with Crippen LogP contribution in [0.1, 0.15) is 6.92 Å². The number of hydrogen-bond donors (Lipinski definition) is 1. The van der Waals surface area contributed by atoms with Crippen LogP contribution in [0.3, 0.4) is 0 Å². The molecule has 0 atom stereocenters. The van der Waals surface area contributed by atoms with Crippen LogP contribution >= 0.6 is 27.5 Å². The maximum absolute atomic E-state index is 12.9. The quantitative estimate of drug-likeness (QED) is 0.928. The third kappa shape index (κ3) is 3.64. The second-order valence-electron chi connectivity index (χ2n) is 2.94. The van der Waals surface area contributed by atoms with Gasteiger partial charge in [0.05, 0.1) is 9.50 Å². The van der Waals surface area contributed by atoms with Gasteiger partial charge in [0.1, 0.15) is 5.82 Å². The average molecular weight is 311 g/mol. The minimum absolute atomic E-state index is 0.121. The number of nitrogens with one attached hydrogen (secondary N) is 1. The first-order valence-corrected chi connectivity index (χ1v) is 5.75. The van der Waals surface area contributed by atoms with Gasteiger partial charge in [-0.1, -0.05) is 11.6 Å². The molecule has 0 spiro atoms. The zero-order valence-electron chi connectivity index (χ0n) is 8.52. The number of rotatable bonds is 4. The van der Waals surface area contributed by atoms with Crippen LogP contribution in [0.15, 0.2) is 16.6 Å². The highest BCUT2D eigenvalue weighted by Gasteiger charge is 2.11. The number of amides is 1. The molecule has 0 fully saturated rings. The number of carbonyl (C=O) groups excluding carboxylic acids is 1. The zero-order valence-corrected chi connectivity index (χ0v) is 10.9. The summed E-state index contributed by atoms with van der Waals surface area (Å²) >= 11 is 8.87. The van der Waals surface area contributed by atoms with Gasteiger partial charge in [-0.25, -0.2) is 4.39 Å². The largest absolute Gasteiger partial charge is 0.481 e. The zero-order chi connectivity index (χ0) is 12.1. The van der Waals surface area contributed by atoms with Crippen molar-refractivity contribution in [3.05, 3.63) is 27.4 Å². The molecule has 0 aliphatic rings. The van der Waals surface area contributed by atoms with Gasteiger partial charge in [0.25, 0.3) is 5.91 Å². The molecule has 1 N–H and O–H groups in total. The van der Waals surface area contributed by atoms with E-state index in [2.05, 4.69) is 21.2 Å². The Morgan fingerprint density at radius 1 is 1.62 bits per heavy atom. The van der Waals surface area contributed by atoms with Crippen molar-refractivity contribution in [2.75, 3.05) is 13.2 Å². The first-order valence-electron chi connectivity index (χ1n) is 4.58. The molecule has 0 bridgehead atoms. The molecule has 0 unspecified atom stereocenters. The molecule has 0 radical (unpaired) electrons. The summed E-state index contributed by atoms with van der Waals surface area (Å²) < 4.78 is 18.4. The van der Waals surface area contributed by atoms with Gasteiger partial charge in [0.15, 0.2) is 12.4 Å². The number of likely N-dealkylation sites (N-methyl/N-ethyl adjacent to an activating group) is 1. The molecule has 0 heterocycles. The van der Waals surface area contributed by atoms with E-state index in [-0.39, 0.29) is 23.3 Å². The lowest BCUT2D eigenvalue weighted by molar-refractivity contribution is -0.122. The van der Waals surface area contributed by atoms with E-state index >= 15 is 0 Å². The Hall–Kier alpha value is -0.810. The van der Waals surface area contributed by atoms with Crippen LogP contribution < -0.4 is 10.1 Å². The van der Waals surface area contributed by atoms with Gasteiger partial charge in [0.2, 0.25) is 0 Å². The summed E-state index contributed by atoms with van der Waals surface area (Å²) in [5.41, 5.74) is 0. The smallest absolute Gasteiger partial charge is 0.257 e. The Labute approximate surface area is 106 Å². The molecule has 88 valence electrons. The van der Waals surface area contributed by atoms with Crippen LogP contribution in [-0.2, 0) is 4.79 Å². The minimum atomic E-state index is -0.470. The summed E-state index contributed by atoms with van der Waals surface area (Å²) in [5.74, 6) is -0.466. The fourth-order valence-electron chi connectivity index (χ4n) is 1.05. The number of ether oxygens (including phenoxy) is 1. The first kappa shape index (κ1) is 13.3. The molecule has 3 nitrogen and oxygen atoms in total. The van der Waals surface area contributed by atoms with E-state index in [1.807, 2.05) is 0 Å². The first-order chi connectivity index (χ1) is 7.54. The lowest BCUT2D eigenvalue weighted by Crippen LogP contribution is -2.28. The van der Waals surface area contributed by atoms with Crippen LogP contribution in [0.25, 0.3) is 0 Å². The van der Waals surface area contributed by atoms with Gasteiger partial charge in [0, 0.05) is 6.54 Å². The highest BCUT2D eigenvalue weighted by atomic mass is 79.9. The fraction of sp³-hybridized carbons (Fsp3) is 0.300. The van der Waals surface area contributed by atoms with Crippen LogP contribution in [0.4, 0.5) is 4.39 Å². The molecule has 1 rings (SSSR count). The van der Waals surface area contributed by atoms with Crippen molar-refractivity contribution in [3.8, 4) is 5.75 Å². The van der Waals surface area contributed by atoms with Crippen molar-refractivity contribution in [1.29, 1.82) is 0 Å². The number of hydrogen-bond acceptors (Lipinski definition) is 2. The molecule has 16 heavy (non-hydrogen) atoms. The third-order valence-electron chi connectivity index (χ3n) is 1.68. The lowest BCUT2D eigenvalue weighted by atomic mass is 10.3. The van der Waals surface area contributed by atoms with Crippen LogP contribution in [0.5, 0.6) is 5.75 Å². The Bertz CT molecular complexity index is 377. The second-order valence-corrected chi connectivity index (χ2v) is 4.20. The summed E-state index contributed by atoms with van der Waals surface area (Å²) in [4.78, 5) is 11.1. The highest BCUT2D eigenvalue weighted by molar-refractivity contribution is 9.10. The molecule has 0 aromatic heterocycles. The summed E-state index contributed by atoms with van der Waals surface area (Å²) in [6.45, 7) is 2.18. The number of halogens is 3. The topological polar surface area (TPSA) is 38.3 Å². The van der Waals surface area contributed by atoms with Crippen molar-refractivity contribution >= 4 is 33.4 Å². The summed E-state index contributed by atoms with van der Waals surface area (Å²) in [6, 6.07) is 2.35. The van der Waals surface area contributed by atoms with Gasteiger partial charge in [-0.2, -0.15) is 0 Å². The summed E-state index contributed by atoms with van der Waals surface area (Å²) in [6.07, 6.45) is 0. The summed E-state index contributed by atoms with van der Waals surface area (Å²) in [5, 5.41) is 2.69. The molecule has 0 aliphatic heterocycles. The normalized spacial score (nSPS) is 10.0. The fourth-order valence-corrected chi connectivity index (χ4v) is 1.97. The molecule has 0 saturated carbocycles. The maximum atomic E-state index is 12.9. The van der Waals surface area contributed by atoms with E-state index in [4.69, 9.17) is 16.3 Å². The standard InChI is InChI=1S/C10H10BrClFNO2/c1-2-14-9(15)5-16-10-7(11)3-6(13)4-8(10)12/h3-4H,2,5H2,1H3,(H,14,15). The number of carbonyl (C=O) groups is 1. The summed E-state index contributed by atoms with van der Waals surface area (Å²) in [7, 11) is 0. The predicted molar refractivity (Wildman–Crippen MR) is 63.3 cm³/mol. The van der Waals surface area contributed by atoms with Crippen LogP contribution in [0.2, 0.25) is 5.02 Å². The maximum Gasteiger partial charge on any atom is 0.257 e. The van der Waals surface area contributed by atoms with Gasteiger partial charge in [-0.05, 0) is 35.0 Å². The van der Waals surface area contributed by atoms with Crippen molar-refractivity contribution in [3.63, 3.8) is 0 Å². The Morgan fingerprint density at radius 2 is 2.31 bits per heavy atom. The van der Waals surface area contributed by atoms with E-state index in [1.165, 1.54) is 6.07 Å². The molecule has 1 aromatic rings. The molecule has 1 amide bonds. The van der Waals surface area contributed by atoms with Crippen LogP contribution in [-0.4, -0.2) is 19.1 Å². The van der Waals surface area contributed by atoms with Gasteiger partial charge in [-0.15, -0.1) is 0 Å². The van der Waals surface area contributed by atoms with E-state index in [1.54, 1.807) is 6.92 Å². The van der Waals surface area contributed by atoms with Crippen molar-refractivity contribution in [2.24, 2.45) is 0 Å². The van der Waals surface area contributed by atoms with E-state index in [0.29, 0.717) is 11.0 Å². The van der Waals surface area contributed by atoms with E-state index in [9.17, 15) is 9.18 Å². The SMILES string of the molecule is CCNC(=O)COc1c(Cl)cc(F)cc1Br. The van der Waals surface area contributed by atoms with Gasteiger partial charge >= 0.3 is 0 Å². The Balaban J connectivity index is 2.70. The Kier molecular flexibility index (Phi) is 5.02. The van der Waals surface area contributed by atoms with Crippen molar-refractivity contribution in [1.82, 2.24) is 5.32 Å². The molecular formula is C10H10BrClFNO2. The van der Waals surface area contributed by atoms with Crippen LogP contribution in [0, 0.1) is 5.82 Å². The molecule has 6 heteroatoms. The average Bonchev–Trinajstić information content (AvgIpc) is 2.16. The van der Waals surface area contributed by atoms with E-state index in [0.717, 1.165) is 6.07 Å². The molecule has 0 aliphatic carbocycles. The molecular weight excluding hydrogens is 300 g/mol. The van der Waals surface area contributed by atoms with Crippen molar-refractivity contribution < 1.29 is 13.9 Å². The lowest BCUT2D eigenvalue weighted by Gasteiger charge is -2.09. The monoisotopic (exact) mass is 309 g/mol. The predicted octanol–water partition coefficient (Wildman–Crippen LogP) is 2.76. The minimum Gasteiger partial charge on any atom is -0.481 e. The van der Waals surface area contributed by atoms with Gasteiger partial charge in [-0.3, -0.25) is 4.79 Å². The van der Waals surface area contributed by atoms with Gasteiger partial charge < -0.3 is 10.1 Å². The third-order valence-corrected chi connectivity index (χ3v) is 2.55. The molecule has 0 saturated heterocycles. The van der Waals surface area contributed by atoms with Crippen molar-refractivity contribution in [2.45, 2.75) is 6.92 Å². The Morgan fingerprint density at radius 3 is 2.88 bits per heavy atom. The van der Waals surface area contributed by atoms with E-state index < -0.39 is 5.82 Å².